The van der Waals surface area contributed by atoms with Crippen LogP contribution in [0, 0.1) is 18.3 Å². The molecule has 0 aliphatic rings. The van der Waals surface area contributed by atoms with Crippen molar-refractivity contribution in [3.05, 3.63) is 17.5 Å². The maximum absolute atomic E-state index is 5.07. The lowest BCUT2D eigenvalue weighted by Gasteiger charge is -2.31. The van der Waals surface area contributed by atoms with Crippen LogP contribution in [0.25, 0.3) is 0 Å². The van der Waals surface area contributed by atoms with Gasteiger partial charge in [0.1, 0.15) is 0 Å². The van der Waals surface area contributed by atoms with E-state index >= 15 is 0 Å². The number of aryl methyl sites for hydroxylation is 2. The number of hydrogen-bond donors (Lipinski definition) is 1. The second kappa shape index (κ2) is 7.06. The summed E-state index contributed by atoms with van der Waals surface area (Å²) in [4.78, 5) is 0. The molecular weight excluding hydrogens is 238 g/mol. The average Bonchev–Trinajstić information content (AvgIpc) is 2.60. The number of hydrogen-bond acceptors (Lipinski definition) is 3. The first-order valence-corrected chi connectivity index (χ1v) is 7.03. The molecular formula is C15H29N3O. The van der Waals surface area contributed by atoms with E-state index in [-0.39, 0.29) is 5.41 Å². The molecule has 19 heavy (non-hydrogen) atoms. The number of nitrogens with zero attached hydrogens (tertiary/aromatic N) is 2. The molecule has 4 nitrogen and oxygen atoms in total. The van der Waals surface area contributed by atoms with E-state index in [1.807, 2.05) is 18.7 Å². The van der Waals surface area contributed by atoms with Crippen LogP contribution < -0.4 is 5.32 Å². The first kappa shape index (κ1) is 16.2. The van der Waals surface area contributed by atoms with Crippen LogP contribution in [0.3, 0.4) is 0 Å². The second-order valence-corrected chi connectivity index (χ2v) is 6.36. The lowest BCUT2D eigenvalue weighted by Crippen LogP contribution is -2.35. The maximum atomic E-state index is 5.07. The van der Waals surface area contributed by atoms with Crippen molar-refractivity contribution < 1.29 is 4.74 Å². The summed E-state index contributed by atoms with van der Waals surface area (Å²) in [5.41, 5.74) is 2.68. The Balaban J connectivity index is 2.62. The molecule has 1 N–H and O–H groups in total. The summed E-state index contributed by atoms with van der Waals surface area (Å²) in [7, 11) is 3.77. The van der Waals surface area contributed by atoms with E-state index < -0.39 is 0 Å². The van der Waals surface area contributed by atoms with Gasteiger partial charge in [0.15, 0.2) is 0 Å². The van der Waals surface area contributed by atoms with Crippen LogP contribution in [0.1, 0.15) is 32.2 Å². The first-order valence-electron chi connectivity index (χ1n) is 7.03. The van der Waals surface area contributed by atoms with Crippen LogP contribution >= 0.6 is 0 Å². The summed E-state index contributed by atoms with van der Waals surface area (Å²) in [6, 6.07) is 2.19. The van der Waals surface area contributed by atoms with Gasteiger partial charge in [0.05, 0.1) is 12.3 Å². The molecule has 0 saturated heterocycles. The zero-order chi connectivity index (χ0) is 14.5. The third-order valence-corrected chi connectivity index (χ3v) is 3.65. The molecule has 4 heteroatoms. The topological polar surface area (TPSA) is 39.1 Å². The van der Waals surface area contributed by atoms with Crippen molar-refractivity contribution >= 4 is 0 Å². The minimum Gasteiger partial charge on any atom is -0.383 e. The fourth-order valence-electron chi connectivity index (χ4n) is 2.24. The predicted octanol–water partition coefficient (Wildman–Crippen LogP) is 2.17. The van der Waals surface area contributed by atoms with Gasteiger partial charge in [-0.05, 0) is 37.3 Å². The van der Waals surface area contributed by atoms with E-state index in [0.717, 1.165) is 31.8 Å². The standard InChI is InChI=1S/C15H29N3O/c1-12-9-14(18(5)17-12)10-13(15(2,3)4)11-16-7-8-19-6/h9,13,16H,7-8,10-11H2,1-6H3. The van der Waals surface area contributed by atoms with E-state index in [1.54, 1.807) is 7.11 Å². The van der Waals surface area contributed by atoms with Crippen molar-refractivity contribution in [2.24, 2.45) is 18.4 Å². The number of aromatic nitrogens is 2. The Kier molecular flexibility index (Phi) is 6.01. The normalized spacial score (nSPS) is 13.8. The van der Waals surface area contributed by atoms with Gasteiger partial charge in [-0.3, -0.25) is 4.68 Å². The van der Waals surface area contributed by atoms with Gasteiger partial charge in [0.2, 0.25) is 0 Å². The van der Waals surface area contributed by atoms with Crippen LogP contribution in [0.5, 0.6) is 0 Å². The van der Waals surface area contributed by atoms with Gasteiger partial charge >= 0.3 is 0 Å². The number of nitrogens with one attached hydrogen (secondary N) is 1. The predicted molar refractivity (Wildman–Crippen MR) is 79.3 cm³/mol. The minimum absolute atomic E-state index is 0.276. The summed E-state index contributed by atoms with van der Waals surface area (Å²) in [6.07, 6.45) is 1.06. The quantitative estimate of drug-likeness (QED) is 0.770. The molecule has 0 bridgehead atoms. The summed E-state index contributed by atoms with van der Waals surface area (Å²) < 4.78 is 7.08. The van der Waals surface area contributed by atoms with E-state index in [9.17, 15) is 0 Å². The zero-order valence-corrected chi connectivity index (χ0v) is 13.3. The van der Waals surface area contributed by atoms with Crippen molar-refractivity contribution in [3.8, 4) is 0 Å². The summed E-state index contributed by atoms with van der Waals surface area (Å²) in [5, 5.41) is 7.92. The van der Waals surface area contributed by atoms with Crippen molar-refractivity contribution in [3.63, 3.8) is 0 Å². The molecule has 1 rings (SSSR count). The van der Waals surface area contributed by atoms with Gasteiger partial charge in [-0.2, -0.15) is 5.10 Å². The molecule has 0 fully saturated rings. The molecule has 0 radical (unpaired) electrons. The van der Waals surface area contributed by atoms with Crippen LogP contribution in [0.4, 0.5) is 0 Å². The molecule has 0 amide bonds. The van der Waals surface area contributed by atoms with E-state index in [4.69, 9.17) is 4.74 Å². The van der Waals surface area contributed by atoms with Crippen LogP contribution in [0.2, 0.25) is 0 Å². The second-order valence-electron chi connectivity index (χ2n) is 6.36. The fourth-order valence-corrected chi connectivity index (χ4v) is 2.24. The summed E-state index contributed by atoms with van der Waals surface area (Å²) >= 11 is 0. The number of rotatable bonds is 7. The molecule has 1 heterocycles. The lowest BCUT2D eigenvalue weighted by molar-refractivity contribution is 0.185. The van der Waals surface area contributed by atoms with Gasteiger partial charge in [-0.1, -0.05) is 20.8 Å². The smallest absolute Gasteiger partial charge is 0.0596 e. The highest BCUT2D eigenvalue weighted by Gasteiger charge is 2.25. The zero-order valence-electron chi connectivity index (χ0n) is 13.3. The molecule has 1 atom stereocenters. The number of methoxy groups -OCH3 is 1. The summed E-state index contributed by atoms with van der Waals surface area (Å²) in [6.45, 7) is 11.6. The Labute approximate surface area is 117 Å². The van der Waals surface area contributed by atoms with Gasteiger partial charge < -0.3 is 10.1 Å². The van der Waals surface area contributed by atoms with Crippen LogP contribution in [-0.2, 0) is 18.2 Å². The minimum atomic E-state index is 0.276. The number of ether oxygens (including phenoxy) is 1. The molecule has 1 aromatic rings. The molecule has 0 saturated carbocycles. The SMILES string of the molecule is COCCNCC(Cc1cc(C)nn1C)C(C)(C)C. The molecule has 110 valence electrons. The Morgan fingerprint density at radius 1 is 1.42 bits per heavy atom. The van der Waals surface area contributed by atoms with Gasteiger partial charge in [0.25, 0.3) is 0 Å². The molecule has 0 aliphatic carbocycles. The van der Waals surface area contributed by atoms with Gasteiger partial charge in [-0.15, -0.1) is 0 Å². The van der Waals surface area contributed by atoms with E-state index in [1.165, 1.54) is 5.69 Å². The highest BCUT2D eigenvalue weighted by Crippen LogP contribution is 2.28. The Morgan fingerprint density at radius 3 is 2.58 bits per heavy atom. The van der Waals surface area contributed by atoms with Crippen LogP contribution in [0.15, 0.2) is 6.07 Å². The van der Waals surface area contributed by atoms with E-state index in [2.05, 4.69) is 37.3 Å². The van der Waals surface area contributed by atoms with Crippen molar-refractivity contribution in [1.29, 1.82) is 0 Å². The largest absolute Gasteiger partial charge is 0.383 e. The Bertz CT molecular complexity index is 379. The van der Waals surface area contributed by atoms with Crippen molar-refractivity contribution in [2.45, 2.75) is 34.1 Å². The third kappa shape index (κ3) is 5.33. The fraction of sp³-hybridized carbons (Fsp3) is 0.800. The Hall–Kier alpha value is -0.870. The molecule has 0 aromatic carbocycles. The maximum Gasteiger partial charge on any atom is 0.0596 e. The monoisotopic (exact) mass is 267 g/mol. The third-order valence-electron chi connectivity index (χ3n) is 3.65. The highest BCUT2D eigenvalue weighted by atomic mass is 16.5. The first-order chi connectivity index (χ1) is 8.84. The molecule has 0 spiro atoms. The Morgan fingerprint density at radius 2 is 2.11 bits per heavy atom. The van der Waals surface area contributed by atoms with E-state index in [0.29, 0.717) is 5.92 Å². The molecule has 0 aliphatic heterocycles. The molecule has 1 unspecified atom stereocenters. The van der Waals surface area contributed by atoms with Crippen LogP contribution in [-0.4, -0.2) is 36.6 Å². The van der Waals surface area contributed by atoms with Crippen molar-refractivity contribution in [2.75, 3.05) is 26.8 Å². The summed E-state index contributed by atoms with van der Waals surface area (Å²) in [5.74, 6) is 0.583. The van der Waals surface area contributed by atoms with Gasteiger partial charge in [-0.25, -0.2) is 0 Å². The molecule has 1 aromatic heterocycles. The van der Waals surface area contributed by atoms with Gasteiger partial charge in [0, 0.05) is 26.4 Å². The average molecular weight is 267 g/mol. The lowest BCUT2D eigenvalue weighted by atomic mass is 9.78. The van der Waals surface area contributed by atoms with Crippen molar-refractivity contribution in [1.82, 2.24) is 15.1 Å². The highest BCUT2D eigenvalue weighted by molar-refractivity contribution is 5.10.